The van der Waals surface area contributed by atoms with Crippen LogP contribution in [0.2, 0.25) is 0 Å². The second kappa shape index (κ2) is 7.53. The van der Waals surface area contributed by atoms with Crippen LogP contribution in [0.1, 0.15) is 21.6 Å². The van der Waals surface area contributed by atoms with E-state index in [0.717, 1.165) is 6.08 Å². The van der Waals surface area contributed by atoms with Crippen molar-refractivity contribution in [1.82, 2.24) is 5.32 Å². The monoisotopic (exact) mass is 296 g/mol. The molecule has 0 radical (unpaired) electrons. The third-order valence-corrected chi connectivity index (χ3v) is 3.97. The van der Waals surface area contributed by atoms with E-state index in [1.165, 1.54) is 13.1 Å². The lowest BCUT2D eigenvalue weighted by molar-refractivity contribution is -0.131. The predicted octanol–water partition coefficient (Wildman–Crippen LogP) is 1.51. The number of amides is 1. The van der Waals surface area contributed by atoms with Gasteiger partial charge in [0.05, 0.1) is 0 Å². The molecule has 3 N–H and O–H groups in total. The number of hydrogen-bond donors (Lipinski definition) is 3. The number of aliphatic hydroxyl groups excluding tert-OH is 1. The fraction of sp³-hybridized carbons (Fsp3) is 0.231. The van der Waals surface area contributed by atoms with E-state index in [-0.39, 0.29) is 5.91 Å². The van der Waals surface area contributed by atoms with E-state index in [1.807, 2.05) is 0 Å². The molecule has 1 rings (SSSR count). The maximum Gasteiger partial charge on any atom is 0.378 e. The molecule has 0 aromatic heterocycles. The van der Waals surface area contributed by atoms with Crippen LogP contribution in [-0.2, 0) is 9.36 Å². The first-order chi connectivity index (χ1) is 9.51. The van der Waals surface area contributed by atoms with Crippen molar-refractivity contribution in [3.8, 4) is 0 Å². The van der Waals surface area contributed by atoms with Gasteiger partial charge in [0.15, 0.2) is 0 Å². The normalized spacial score (nSPS) is 13.0. The maximum absolute atomic E-state index is 11.9. The summed E-state index contributed by atoms with van der Waals surface area (Å²) in [6, 6.07) is 6.45. The standard InChI is InChI=1S/C13H14NO5P/c1-14-13(18)10-5-3-2-4-9(10)11(20(19)8-15)6-7-12(16)17/h2-7,11,15H,8H2,1H3,(H-,14,16,17,18)/p+1. The SMILES string of the molecule is CNC(=O)c1ccccc1C(C=CC(=O)O)[P+](=O)CO. The van der Waals surface area contributed by atoms with E-state index in [1.54, 1.807) is 24.3 Å². The Hall–Kier alpha value is -2.04. The summed E-state index contributed by atoms with van der Waals surface area (Å²) in [5.74, 6) is -1.55. The lowest BCUT2D eigenvalue weighted by atomic mass is 10.0. The number of benzene rings is 1. The molecule has 6 nitrogen and oxygen atoms in total. The summed E-state index contributed by atoms with van der Waals surface area (Å²) < 4.78 is 11.9. The highest BCUT2D eigenvalue weighted by Gasteiger charge is 2.32. The molecule has 106 valence electrons. The lowest BCUT2D eigenvalue weighted by Gasteiger charge is -2.08. The van der Waals surface area contributed by atoms with E-state index in [2.05, 4.69) is 5.32 Å². The van der Waals surface area contributed by atoms with Gasteiger partial charge < -0.3 is 15.5 Å². The van der Waals surface area contributed by atoms with Gasteiger partial charge in [0.25, 0.3) is 5.91 Å². The van der Waals surface area contributed by atoms with Gasteiger partial charge in [0, 0.05) is 24.3 Å². The minimum absolute atomic E-state index is 0.298. The molecule has 0 aliphatic heterocycles. The van der Waals surface area contributed by atoms with Crippen molar-refractivity contribution in [2.24, 2.45) is 0 Å². The average molecular weight is 296 g/mol. The molecule has 0 heterocycles. The number of aliphatic hydroxyl groups is 1. The zero-order chi connectivity index (χ0) is 15.1. The van der Waals surface area contributed by atoms with Crippen LogP contribution < -0.4 is 5.32 Å². The Morgan fingerprint density at radius 1 is 1.40 bits per heavy atom. The molecular weight excluding hydrogens is 281 g/mol. The minimum atomic E-state index is -2.12. The van der Waals surface area contributed by atoms with Gasteiger partial charge in [0.2, 0.25) is 12.0 Å². The van der Waals surface area contributed by atoms with Crippen LogP contribution in [0.5, 0.6) is 0 Å². The van der Waals surface area contributed by atoms with Gasteiger partial charge in [-0.15, -0.1) is 0 Å². The van der Waals surface area contributed by atoms with Gasteiger partial charge >= 0.3 is 13.8 Å². The number of hydrogen-bond acceptors (Lipinski definition) is 4. The Balaban J connectivity index is 3.30. The summed E-state index contributed by atoms with van der Waals surface area (Å²) in [7, 11) is -0.654. The quantitative estimate of drug-likeness (QED) is 0.545. The van der Waals surface area contributed by atoms with Crippen LogP contribution in [0, 0.1) is 0 Å². The van der Waals surface area contributed by atoms with E-state index < -0.39 is 25.8 Å². The van der Waals surface area contributed by atoms with Crippen LogP contribution in [-0.4, -0.2) is 35.5 Å². The number of carboxylic acid groups (broad SMARTS) is 1. The molecule has 2 atom stereocenters. The first-order valence-corrected chi connectivity index (χ1v) is 7.29. The first-order valence-electron chi connectivity index (χ1n) is 5.78. The zero-order valence-electron chi connectivity index (χ0n) is 10.8. The smallest absolute Gasteiger partial charge is 0.378 e. The van der Waals surface area contributed by atoms with E-state index in [9.17, 15) is 14.2 Å². The zero-order valence-corrected chi connectivity index (χ0v) is 11.7. The Kier molecular flexibility index (Phi) is 6.03. The van der Waals surface area contributed by atoms with E-state index in [0.29, 0.717) is 11.1 Å². The molecule has 20 heavy (non-hydrogen) atoms. The average Bonchev–Trinajstić information content (AvgIpc) is 2.46. The number of carbonyl (C=O) groups excluding carboxylic acids is 1. The molecule has 0 bridgehead atoms. The van der Waals surface area contributed by atoms with Crippen LogP contribution in [0.15, 0.2) is 36.4 Å². The summed E-state index contributed by atoms with van der Waals surface area (Å²) in [4.78, 5) is 22.4. The highest BCUT2D eigenvalue weighted by atomic mass is 31.1. The third kappa shape index (κ3) is 3.98. The van der Waals surface area contributed by atoms with Gasteiger partial charge in [-0.3, -0.25) is 4.79 Å². The fourth-order valence-electron chi connectivity index (χ4n) is 1.71. The minimum Gasteiger partial charge on any atom is -0.478 e. The Morgan fingerprint density at radius 3 is 2.60 bits per heavy atom. The van der Waals surface area contributed by atoms with Gasteiger partial charge in [-0.05, 0) is 12.1 Å². The van der Waals surface area contributed by atoms with Crippen LogP contribution in [0.25, 0.3) is 0 Å². The number of carboxylic acids is 1. The van der Waals surface area contributed by atoms with Crippen molar-refractivity contribution in [2.45, 2.75) is 5.66 Å². The summed E-state index contributed by atoms with van der Waals surface area (Å²) in [6.45, 7) is 0. The Labute approximate surface area is 116 Å². The number of carbonyl (C=O) groups is 2. The second-order valence-electron chi connectivity index (χ2n) is 3.87. The molecule has 7 heteroatoms. The number of nitrogens with one attached hydrogen (secondary N) is 1. The molecule has 1 aromatic carbocycles. The van der Waals surface area contributed by atoms with Gasteiger partial charge in [-0.1, -0.05) is 22.8 Å². The molecule has 0 aliphatic carbocycles. The molecule has 0 saturated heterocycles. The number of aliphatic carboxylic acids is 1. The van der Waals surface area contributed by atoms with E-state index in [4.69, 9.17) is 10.2 Å². The van der Waals surface area contributed by atoms with Crippen LogP contribution in [0.3, 0.4) is 0 Å². The van der Waals surface area contributed by atoms with Gasteiger partial charge in [-0.2, -0.15) is 0 Å². The van der Waals surface area contributed by atoms with Crippen molar-refractivity contribution >= 4 is 19.7 Å². The molecule has 2 unspecified atom stereocenters. The largest absolute Gasteiger partial charge is 0.478 e. The van der Waals surface area contributed by atoms with E-state index >= 15 is 0 Å². The molecule has 0 fully saturated rings. The van der Waals surface area contributed by atoms with Gasteiger partial charge in [0.1, 0.15) is 0 Å². The summed E-state index contributed by atoms with van der Waals surface area (Å²) in [5, 5.41) is 20.2. The van der Waals surface area contributed by atoms with Crippen molar-refractivity contribution in [1.29, 1.82) is 0 Å². The number of allylic oxidation sites excluding steroid dienone is 1. The topological polar surface area (TPSA) is 104 Å². The molecule has 0 spiro atoms. The summed E-state index contributed by atoms with van der Waals surface area (Å²) in [6.07, 6.45) is 1.49. The summed E-state index contributed by atoms with van der Waals surface area (Å²) >= 11 is 0. The fourth-order valence-corrected chi connectivity index (χ4v) is 2.70. The van der Waals surface area contributed by atoms with Crippen molar-refractivity contribution in [3.05, 3.63) is 47.5 Å². The maximum atomic E-state index is 11.9. The van der Waals surface area contributed by atoms with Gasteiger partial charge in [-0.25, -0.2) is 4.79 Å². The molecular formula is C13H15NO5P+. The summed E-state index contributed by atoms with van der Waals surface area (Å²) in [5.41, 5.74) is -0.119. The first kappa shape index (κ1) is 16.0. The molecule has 0 aliphatic rings. The Bertz CT molecular complexity index is 555. The molecule has 1 amide bonds. The second-order valence-corrected chi connectivity index (χ2v) is 5.54. The molecule has 0 saturated carbocycles. The third-order valence-electron chi connectivity index (χ3n) is 2.62. The van der Waals surface area contributed by atoms with Crippen LogP contribution >= 0.6 is 7.80 Å². The van der Waals surface area contributed by atoms with Crippen molar-refractivity contribution in [3.63, 3.8) is 0 Å². The predicted molar refractivity (Wildman–Crippen MR) is 74.0 cm³/mol. The molecule has 1 aromatic rings. The van der Waals surface area contributed by atoms with Crippen LogP contribution in [0.4, 0.5) is 0 Å². The number of rotatable bonds is 6. The highest BCUT2D eigenvalue weighted by Crippen LogP contribution is 2.42. The Morgan fingerprint density at radius 2 is 2.05 bits per heavy atom. The van der Waals surface area contributed by atoms with Crippen molar-refractivity contribution < 1.29 is 24.4 Å². The lowest BCUT2D eigenvalue weighted by Crippen LogP contribution is -2.20. The van der Waals surface area contributed by atoms with Crippen molar-refractivity contribution in [2.75, 3.05) is 13.4 Å². The highest BCUT2D eigenvalue weighted by molar-refractivity contribution is 7.45.